The Morgan fingerprint density at radius 1 is 1.29 bits per heavy atom. The molecule has 1 unspecified atom stereocenters. The average molecular weight is 253 g/mol. The maximum atomic E-state index is 11.8. The fourth-order valence-corrected chi connectivity index (χ4v) is 2.26. The molecule has 4 heteroatoms. The van der Waals surface area contributed by atoms with Crippen LogP contribution in [-0.2, 0) is 0 Å². The van der Waals surface area contributed by atoms with Gasteiger partial charge in [-0.05, 0) is 44.7 Å². The molecular weight excluding hydrogens is 234 g/mol. The summed E-state index contributed by atoms with van der Waals surface area (Å²) in [5.41, 5.74) is -0.175. The van der Waals surface area contributed by atoms with Crippen molar-refractivity contribution in [3.8, 4) is 5.75 Å². The number of carbonyl (C=O) groups excluding carboxylic acids is 1. The van der Waals surface area contributed by atoms with E-state index in [0.29, 0.717) is 0 Å². The first-order valence-electron chi connectivity index (χ1n) is 5.84. The molecule has 0 aromatic heterocycles. The highest BCUT2D eigenvalue weighted by molar-refractivity contribution is 8.13. The second-order valence-electron chi connectivity index (χ2n) is 3.55. The minimum atomic E-state index is -0.175. The Morgan fingerprint density at radius 2 is 1.88 bits per heavy atom. The summed E-state index contributed by atoms with van der Waals surface area (Å²) in [6.07, 6.45) is 0. The van der Waals surface area contributed by atoms with Gasteiger partial charge in [0.15, 0.2) is 5.44 Å². The molecule has 0 bridgehead atoms. The SMILES string of the molecule is CCN(CC)C(=O)SC(C)Oc1ccccc1. The van der Waals surface area contributed by atoms with Crippen molar-refractivity contribution < 1.29 is 9.53 Å². The molecule has 1 aromatic carbocycles. The smallest absolute Gasteiger partial charge is 0.285 e. The molecule has 1 atom stereocenters. The number of hydrogen-bond donors (Lipinski definition) is 0. The van der Waals surface area contributed by atoms with Gasteiger partial charge in [0.2, 0.25) is 0 Å². The van der Waals surface area contributed by atoms with Crippen molar-refractivity contribution in [2.75, 3.05) is 13.1 Å². The summed E-state index contributed by atoms with van der Waals surface area (Å²) in [5.74, 6) is 0.792. The zero-order chi connectivity index (χ0) is 12.7. The van der Waals surface area contributed by atoms with Gasteiger partial charge in [0.1, 0.15) is 5.75 Å². The van der Waals surface area contributed by atoms with E-state index < -0.39 is 0 Å². The quantitative estimate of drug-likeness (QED) is 0.751. The molecule has 0 saturated carbocycles. The van der Waals surface area contributed by atoms with Gasteiger partial charge < -0.3 is 9.64 Å². The number of benzene rings is 1. The number of para-hydroxylation sites is 1. The van der Waals surface area contributed by atoms with Crippen molar-refractivity contribution in [1.29, 1.82) is 0 Å². The zero-order valence-corrected chi connectivity index (χ0v) is 11.4. The predicted molar refractivity (Wildman–Crippen MR) is 72.4 cm³/mol. The molecule has 0 aliphatic carbocycles. The van der Waals surface area contributed by atoms with Crippen LogP contribution >= 0.6 is 11.8 Å². The van der Waals surface area contributed by atoms with E-state index in [1.54, 1.807) is 4.90 Å². The number of nitrogens with zero attached hydrogens (tertiary/aromatic N) is 1. The third kappa shape index (κ3) is 4.69. The monoisotopic (exact) mass is 253 g/mol. The van der Waals surface area contributed by atoms with Crippen molar-refractivity contribution in [2.45, 2.75) is 26.2 Å². The Kier molecular flexibility index (Phi) is 5.91. The molecule has 0 aliphatic heterocycles. The molecule has 0 spiro atoms. The Hall–Kier alpha value is -1.16. The van der Waals surface area contributed by atoms with Crippen LogP contribution in [0.15, 0.2) is 30.3 Å². The third-order valence-corrected chi connectivity index (χ3v) is 3.22. The fraction of sp³-hybridized carbons (Fsp3) is 0.462. The van der Waals surface area contributed by atoms with Gasteiger partial charge in [-0.1, -0.05) is 18.2 Å². The highest BCUT2D eigenvalue weighted by Crippen LogP contribution is 2.20. The Bertz CT molecular complexity index is 339. The first-order chi connectivity index (χ1) is 8.17. The first kappa shape index (κ1) is 13.9. The molecule has 3 nitrogen and oxygen atoms in total. The van der Waals surface area contributed by atoms with Crippen molar-refractivity contribution in [3.63, 3.8) is 0 Å². The molecule has 94 valence electrons. The molecule has 0 radical (unpaired) electrons. The van der Waals surface area contributed by atoms with Crippen LogP contribution in [0.4, 0.5) is 4.79 Å². The normalized spacial score (nSPS) is 11.9. The van der Waals surface area contributed by atoms with E-state index in [1.807, 2.05) is 51.1 Å². The maximum Gasteiger partial charge on any atom is 0.285 e. The lowest BCUT2D eigenvalue weighted by atomic mass is 10.3. The number of thioether (sulfide) groups is 1. The van der Waals surface area contributed by atoms with Crippen LogP contribution in [0.5, 0.6) is 5.75 Å². The molecule has 0 fully saturated rings. The van der Waals surface area contributed by atoms with E-state index in [9.17, 15) is 4.79 Å². The Labute approximate surface area is 107 Å². The summed E-state index contributed by atoms with van der Waals surface area (Å²) in [6, 6.07) is 9.54. The van der Waals surface area contributed by atoms with Crippen LogP contribution < -0.4 is 4.74 Å². The summed E-state index contributed by atoms with van der Waals surface area (Å²) in [5, 5.41) is 0.0680. The molecule has 1 rings (SSSR count). The summed E-state index contributed by atoms with van der Waals surface area (Å²) in [7, 11) is 0. The Morgan fingerprint density at radius 3 is 2.41 bits per heavy atom. The van der Waals surface area contributed by atoms with Crippen LogP contribution in [-0.4, -0.2) is 28.7 Å². The third-order valence-electron chi connectivity index (χ3n) is 2.33. The molecule has 0 saturated heterocycles. The standard InChI is InChI=1S/C13H19NO2S/c1-4-14(5-2)13(15)17-11(3)16-12-9-7-6-8-10-12/h6-11H,4-5H2,1-3H3. The number of carbonyl (C=O) groups is 1. The first-order valence-corrected chi connectivity index (χ1v) is 6.72. The fourth-order valence-electron chi connectivity index (χ4n) is 1.41. The molecule has 0 heterocycles. The summed E-state index contributed by atoms with van der Waals surface area (Å²) < 4.78 is 5.64. The van der Waals surface area contributed by atoms with Gasteiger partial charge in [0, 0.05) is 13.1 Å². The van der Waals surface area contributed by atoms with Crippen molar-refractivity contribution in [3.05, 3.63) is 30.3 Å². The molecule has 1 aromatic rings. The van der Waals surface area contributed by atoms with Gasteiger partial charge in [-0.25, -0.2) is 0 Å². The molecular formula is C13H19NO2S. The second-order valence-corrected chi connectivity index (χ2v) is 4.80. The second kappa shape index (κ2) is 7.22. The number of hydrogen-bond acceptors (Lipinski definition) is 3. The van der Waals surface area contributed by atoms with E-state index in [0.717, 1.165) is 18.8 Å². The largest absolute Gasteiger partial charge is 0.480 e. The van der Waals surface area contributed by atoms with Gasteiger partial charge >= 0.3 is 0 Å². The van der Waals surface area contributed by atoms with Gasteiger partial charge in [-0.3, -0.25) is 4.79 Å². The lowest BCUT2D eigenvalue weighted by molar-refractivity contribution is 0.227. The summed E-state index contributed by atoms with van der Waals surface area (Å²) in [4.78, 5) is 13.6. The van der Waals surface area contributed by atoms with Gasteiger partial charge in [0.05, 0.1) is 0 Å². The minimum Gasteiger partial charge on any atom is -0.480 e. The van der Waals surface area contributed by atoms with Gasteiger partial charge in [-0.15, -0.1) is 0 Å². The van der Waals surface area contributed by atoms with Crippen molar-refractivity contribution in [1.82, 2.24) is 4.90 Å². The lowest BCUT2D eigenvalue weighted by Crippen LogP contribution is -2.28. The van der Waals surface area contributed by atoms with E-state index in [4.69, 9.17) is 4.74 Å². The van der Waals surface area contributed by atoms with Crippen LogP contribution in [0.1, 0.15) is 20.8 Å². The highest BCUT2D eigenvalue weighted by atomic mass is 32.2. The Balaban J connectivity index is 2.44. The zero-order valence-electron chi connectivity index (χ0n) is 10.6. The predicted octanol–water partition coefficient (Wildman–Crippen LogP) is 3.61. The minimum absolute atomic E-state index is 0.0680. The van der Waals surface area contributed by atoms with E-state index in [1.165, 1.54) is 11.8 Å². The number of ether oxygens (including phenoxy) is 1. The van der Waals surface area contributed by atoms with Crippen molar-refractivity contribution >= 4 is 17.0 Å². The summed E-state index contributed by atoms with van der Waals surface area (Å²) in [6.45, 7) is 7.31. The average Bonchev–Trinajstić information content (AvgIpc) is 2.31. The number of amides is 1. The molecule has 0 N–H and O–H groups in total. The molecule has 17 heavy (non-hydrogen) atoms. The van der Waals surface area contributed by atoms with Crippen LogP contribution in [0.3, 0.4) is 0 Å². The van der Waals surface area contributed by atoms with E-state index in [-0.39, 0.29) is 10.7 Å². The van der Waals surface area contributed by atoms with E-state index >= 15 is 0 Å². The van der Waals surface area contributed by atoms with Gasteiger partial charge in [-0.2, -0.15) is 0 Å². The lowest BCUT2D eigenvalue weighted by Gasteiger charge is -2.20. The molecule has 1 amide bonds. The van der Waals surface area contributed by atoms with Crippen LogP contribution in [0.25, 0.3) is 0 Å². The topological polar surface area (TPSA) is 29.5 Å². The van der Waals surface area contributed by atoms with Crippen molar-refractivity contribution in [2.24, 2.45) is 0 Å². The van der Waals surface area contributed by atoms with E-state index in [2.05, 4.69) is 0 Å². The summed E-state index contributed by atoms with van der Waals surface area (Å²) >= 11 is 1.22. The van der Waals surface area contributed by atoms with Gasteiger partial charge in [0.25, 0.3) is 5.24 Å². The molecule has 0 aliphatic rings. The van der Waals surface area contributed by atoms with Crippen LogP contribution in [0.2, 0.25) is 0 Å². The number of rotatable bonds is 5. The highest BCUT2D eigenvalue weighted by Gasteiger charge is 2.15. The maximum absolute atomic E-state index is 11.8. The van der Waals surface area contributed by atoms with Crippen LogP contribution in [0, 0.1) is 0 Å².